The summed E-state index contributed by atoms with van der Waals surface area (Å²) in [5, 5.41) is 9.17. The van der Waals surface area contributed by atoms with Crippen molar-refractivity contribution in [2.75, 3.05) is 6.54 Å². The van der Waals surface area contributed by atoms with Crippen LogP contribution in [-0.2, 0) is 4.79 Å². The van der Waals surface area contributed by atoms with Gasteiger partial charge in [0.05, 0.1) is 5.92 Å². The van der Waals surface area contributed by atoms with Crippen LogP contribution in [-0.4, -0.2) is 39.5 Å². The molecule has 2 heterocycles. The molecule has 0 saturated carbocycles. The average Bonchev–Trinajstić information content (AvgIpc) is 2.38. The fourth-order valence-electron chi connectivity index (χ4n) is 2.57. The zero-order valence-corrected chi connectivity index (χ0v) is 11.2. The van der Waals surface area contributed by atoms with Gasteiger partial charge in [0, 0.05) is 18.3 Å². The van der Waals surface area contributed by atoms with E-state index in [0.29, 0.717) is 18.7 Å². The fourth-order valence-corrected chi connectivity index (χ4v) is 2.57. The summed E-state index contributed by atoms with van der Waals surface area (Å²) in [6.07, 6.45) is 1.35. The Labute approximate surface area is 112 Å². The van der Waals surface area contributed by atoms with Crippen molar-refractivity contribution >= 4 is 11.9 Å². The molecule has 1 aliphatic heterocycles. The second-order valence-corrected chi connectivity index (χ2v) is 4.99. The van der Waals surface area contributed by atoms with Crippen LogP contribution in [0.5, 0.6) is 0 Å². The third-order valence-corrected chi connectivity index (χ3v) is 3.67. The maximum atomic E-state index is 12.4. The number of piperidine rings is 1. The Balaban J connectivity index is 2.21. The minimum Gasteiger partial charge on any atom is -0.481 e. The molecule has 2 rings (SSSR count). The molecule has 1 aromatic heterocycles. The lowest BCUT2D eigenvalue weighted by molar-refractivity contribution is -0.144. The Kier molecular flexibility index (Phi) is 3.83. The van der Waals surface area contributed by atoms with Crippen molar-refractivity contribution in [3.63, 3.8) is 0 Å². The molecule has 0 aromatic carbocycles. The number of rotatable bonds is 2. The van der Waals surface area contributed by atoms with Gasteiger partial charge in [-0.25, -0.2) is 4.98 Å². The summed E-state index contributed by atoms with van der Waals surface area (Å²) < 4.78 is 0. The second kappa shape index (κ2) is 5.38. The summed E-state index contributed by atoms with van der Waals surface area (Å²) in [4.78, 5) is 29.4. The summed E-state index contributed by atoms with van der Waals surface area (Å²) in [6.45, 7) is 4.22. The van der Waals surface area contributed by atoms with Gasteiger partial charge < -0.3 is 10.0 Å². The van der Waals surface area contributed by atoms with E-state index in [1.54, 1.807) is 24.0 Å². The molecule has 102 valence electrons. The normalized spacial score (nSPS) is 23.2. The van der Waals surface area contributed by atoms with Crippen LogP contribution in [0, 0.1) is 12.8 Å². The molecule has 0 unspecified atom stereocenters. The standard InChI is InChI=1S/C14H18N2O3/c1-9-5-3-7-12(15-9)13(17)16-8-4-6-11(10(16)2)14(18)19/h3,5,7,10-11H,4,6,8H2,1-2H3,(H,18,19)/t10-,11-/m1/s1. The van der Waals surface area contributed by atoms with Gasteiger partial charge >= 0.3 is 5.97 Å². The molecule has 1 N–H and O–H groups in total. The van der Waals surface area contributed by atoms with Crippen molar-refractivity contribution in [1.82, 2.24) is 9.88 Å². The number of likely N-dealkylation sites (tertiary alicyclic amines) is 1. The van der Waals surface area contributed by atoms with Crippen molar-refractivity contribution in [2.45, 2.75) is 32.7 Å². The van der Waals surface area contributed by atoms with E-state index >= 15 is 0 Å². The van der Waals surface area contributed by atoms with E-state index in [9.17, 15) is 9.59 Å². The number of hydrogen-bond acceptors (Lipinski definition) is 3. The molecule has 1 amide bonds. The summed E-state index contributed by atoms with van der Waals surface area (Å²) in [5.41, 5.74) is 1.17. The number of carboxylic acids is 1. The molecule has 0 spiro atoms. The van der Waals surface area contributed by atoms with Gasteiger partial charge in [-0.1, -0.05) is 6.07 Å². The van der Waals surface area contributed by atoms with Gasteiger partial charge in [-0.05, 0) is 38.8 Å². The molecule has 5 heteroatoms. The Hall–Kier alpha value is -1.91. The van der Waals surface area contributed by atoms with E-state index in [0.717, 1.165) is 12.1 Å². The zero-order chi connectivity index (χ0) is 14.0. The van der Waals surface area contributed by atoms with Gasteiger partial charge in [-0.3, -0.25) is 9.59 Å². The molecular weight excluding hydrogens is 244 g/mol. The third kappa shape index (κ3) is 2.75. The molecule has 1 saturated heterocycles. The lowest BCUT2D eigenvalue weighted by Gasteiger charge is -2.37. The van der Waals surface area contributed by atoms with Gasteiger partial charge in [-0.2, -0.15) is 0 Å². The molecule has 19 heavy (non-hydrogen) atoms. The highest BCUT2D eigenvalue weighted by Gasteiger charge is 2.35. The van der Waals surface area contributed by atoms with Crippen LogP contribution in [0.1, 0.15) is 35.9 Å². The Morgan fingerprint density at radius 2 is 2.16 bits per heavy atom. The lowest BCUT2D eigenvalue weighted by Crippen LogP contribution is -2.49. The predicted molar refractivity (Wildman–Crippen MR) is 69.8 cm³/mol. The first-order chi connectivity index (χ1) is 9.00. The van der Waals surface area contributed by atoms with Crippen molar-refractivity contribution in [1.29, 1.82) is 0 Å². The molecular formula is C14H18N2O3. The summed E-state index contributed by atoms with van der Waals surface area (Å²) >= 11 is 0. The molecule has 2 atom stereocenters. The van der Waals surface area contributed by atoms with E-state index in [1.807, 2.05) is 13.0 Å². The van der Waals surface area contributed by atoms with Crippen LogP contribution in [0.25, 0.3) is 0 Å². The SMILES string of the molecule is Cc1cccc(C(=O)N2CCC[C@@H](C(=O)O)[C@H]2C)n1. The average molecular weight is 262 g/mol. The number of carbonyl (C=O) groups excluding carboxylic acids is 1. The van der Waals surface area contributed by atoms with Crippen LogP contribution in [0.2, 0.25) is 0 Å². The largest absolute Gasteiger partial charge is 0.481 e. The van der Waals surface area contributed by atoms with Crippen LogP contribution in [0.4, 0.5) is 0 Å². The number of aromatic nitrogens is 1. The van der Waals surface area contributed by atoms with Gasteiger partial charge in [0.15, 0.2) is 0 Å². The molecule has 0 bridgehead atoms. The van der Waals surface area contributed by atoms with E-state index in [-0.39, 0.29) is 11.9 Å². The Morgan fingerprint density at radius 1 is 1.42 bits per heavy atom. The summed E-state index contributed by atoms with van der Waals surface area (Å²) in [7, 11) is 0. The minimum atomic E-state index is -0.831. The highest BCUT2D eigenvalue weighted by Crippen LogP contribution is 2.25. The maximum absolute atomic E-state index is 12.4. The number of carboxylic acid groups (broad SMARTS) is 1. The van der Waals surface area contributed by atoms with Crippen LogP contribution < -0.4 is 0 Å². The first-order valence-electron chi connectivity index (χ1n) is 6.48. The maximum Gasteiger partial charge on any atom is 0.308 e. The first-order valence-corrected chi connectivity index (χ1v) is 6.48. The van der Waals surface area contributed by atoms with Crippen molar-refractivity contribution in [3.8, 4) is 0 Å². The van der Waals surface area contributed by atoms with Crippen molar-refractivity contribution in [2.24, 2.45) is 5.92 Å². The topological polar surface area (TPSA) is 70.5 Å². The molecule has 1 aliphatic rings. The second-order valence-electron chi connectivity index (χ2n) is 4.99. The quantitative estimate of drug-likeness (QED) is 0.881. The number of pyridine rings is 1. The first kappa shape index (κ1) is 13.5. The summed E-state index contributed by atoms with van der Waals surface area (Å²) in [6, 6.07) is 5.00. The van der Waals surface area contributed by atoms with Crippen LogP contribution in [0.15, 0.2) is 18.2 Å². The summed E-state index contributed by atoms with van der Waals surface area (Å²) in [5.74, 6) is -1.49. The van der Waals surface area contributed by atoms with Gasteiger partial charge in [-0.15, -0.1) is 0 Å². The molecule has 1 fully saturated rings. The van der Waals surface area contributed by atoms with Crippen LogP contribution in [0.3, 0.4) is 0 Å². The smallest absolute Gasteiger partial charge is 0.308 e. The number of aliphatic carboxylic acids is 1. The monoisotopic (exact) mass is 262 g/mol. The van der Waals surface area contributed by atoms with Gasteiger partial charge in [0.1, 0.15) is 5.69 Å². The van der Waals surface area contributed by atoms with Gasteiger partial charge in [0.2, 0.25) is 0 Å². The van der Waals surface area contributed by atoms with E-state index in [1.165, 1.54) is 0 Å². The Bertz CT molecular complexity index is 501. The van der Waals surface area contributed by atoms with Crippen molar-refractivity contribution in [3.05, 3.63) is 29.6 Å². The number of aryl methyl sites for hydroxylation is 1. The highest BCUT2D eigenvalue weighted by molar-refractivity contribution is 5.93. The van der Waals surface area contributed by atoms with E-state index in [4.69, 9.17) is 5.11 Å². The number of hydrogen-bond donors (Lipinski definition) is 1. The number of nitrogens with zero attached hydrogens (tertiary/aromatic N) is 2. The van der Waals surface area contributed by atoms with E-state index in [2.05, 4.69) is 4.98 Å². The highest BCUT2D eigenvalue weighted by atomic mass is 16.4. The fraction of sp³-hybridized carbons (Fsp3) is 0.500. The number of amides is 1. The molecule has 0 radical (unpaired) electrons. The van der Waals surface area contributed by atoms with E-state index < -0.39 is 11.9 Å². The third-order valence-electron chi connectivity index (χ3n) is 3.67. The Morgan fingerprint density at radius 3 is 2.79 bits per heavy atom. The minimum absolute atomic E-state index is 0.179. The molecule has 0 aliphatic carbocycles. The number of carbonyl (C=O) groups is 2. The zero-order valence-electron chi connectivity index (χ0n) is 11.2. The predicted octanol–water partition coefficient (Wildman–Crippen LogP) is 1.72. The van der Waals surface area contributed by atoms with Crippen molar-refractivity contribution < 1.29 is 14.7 Å². The molecule has 1 aromatic rings. The molecule has 5 nitrogen and oxygen atoms in total. The lowest BCUT2D eigenvalue weighted by atomic mass is 9.90. The van der Waals surface area contributed by atoms with Gasteiger partial charge in [0.25, 0.3) is 5.91 Å². The van der Waals surface area contributed by atoms with Crippen LogP contribution >= 0.6 is 0 Å².